The summed E-state index contributed by atoms with van der Waals surface area (Å²) < 4.78 is 2.26. The van der Waals surface area contributed by atoms with Gasteiger partial charge in [-0.25, -0.2) is 0 Å². The molecular formula is C21H22ClN5. The molecule has 0 bridgehead atoms. The summed E-state index contributed by atoms with van der Waals surface area (Å²) in [6.45, 7) is 4.92. The van der Waals surface area contributed by atoms with Crippen LogP contribution in [-0.4, -0.2) is 19.6 Å². The summed E-state index contributed by atoms with van der Waals surface area (Å²) in [7, 11) is 0. The molecule has 0 spiro atoms. The minimum Gasteiger partial charge on any atom is -0.398 e. The van der Waals surface area contributed by atoms with Crippen LogP contribution in [0.15, 0.2) is 60.9 Å². The molecule has 0 aliphatic rings. The molecule has 1 unspecified atom stereocenters. The second-order valence-corrected chi connectivity index (χ2v) is 7.04. The quantitative estimate of drug-likeness (QED) is 0.511. The molecule has 0 amide bonds. The average Bonchev–Trinajstić information content (AvgIpc) is 3.33. The number of aryl methyl sites for hydroxylation is 1. The average molecular weight is 380 g/mol. The third-order valence-corrected chi connectivity index (χ3v) is 5.51. The third-order valence-electron chi connectivity index (χ3n) is 5.25. The van der Waals surface area contributed by atoms with Crippen molar-refractivity contribution >= 4 is 28.2 Å². The molecule has 6 heteroatoms. The number of aromatic nitrogens is 4. The number of rotatable bonds is 5. The Morgan fingerprint density at radius 3 is 2.52 bits per heavy atom. The fraction of sp³-hybridized carbons (Fsp3) is 0.238. The monoisotopic (exact) mass is 379 g/mol. The second-order valence-electron chi connectivity index (χ2n) is 6.60. The first-order valence-corrected chi connectivity index (χ1v) is 9.50. The molecule has 138 valence electrons. The van der Waals surface area contributed by atoms with Crippen molar-refractivity contribution in [2.75, 3.05) is 5.73 Å². The number of anilines is 1. The van der Waals surface area contributed by atoms with Crippen molar-refractivity contribution in [1.29, 1.82) is 0 Å². The van der Waals surface area contributed by atoms with Crippen molar-refractivity contribution in [3.63, 3.8) is 0 Å². The molecule has 0 aliphatic carbocycles. The number of hydrogen-bond donors (Lipinski definition) is 1. The van der Waals surface area contributed by atoms with E-state index >= 15 is 0 Å². The first-order valence-electron chi connectivity index (χ1n) is 9.12. The fourth-order valence-electron chi connectivity index (χ4n) is 3.86. The molecule has 2 N–H and O–H groups in total. The molecule has 5 nitrogen and oxygen atoms in total. The van der Waals surface area contributed by atoms with Gasteiger partial charge in [-0.3, -0.25) is 0 Å². The zero-order chi connectivity index (χ0) is 19.0. The van der Waals surface area contributed by atoms with Crippen molar-refractivity contribution < 1.29 is 0 Å². The normalized spacial score (nSPS) is 13.7. The molecule has 0 aliphatic heterocycles. The topological polar surface area (TPSA) is 61.7 Å². The Morgan fingerprint density at radius 1 is 1.07 bits per heavy atom. The smallest absolute Gasteiger partial charge is 0.115 e. The molecule has 2 aromatic carbocycles. The van der Waals surface area contributed by atoms with Crippen LogP contribution in [0.5, 0.6) is 0 Å². The molecule has 4 rings (SSSR count). The lowest BCUT2D eigenvalue weighted by atomic mass is 9.83. The SMILES string of the molecule is CCn1ncc(C(CC)(c2ccc(Cl)cc2)n2ccc3c(N)cccc32)n1. The minimum atomic E-state index is -0.506. The molecule has 2 aromatic heterocycles. The van der Waals surface area contributed by atoms with E-state index in [-0.39, 0.29) is 0 Å². The standard InChI is InChI=1S/C21H22ClN5/c1-3-21(15-8-10-16(22)11-9-15,20-14-24-27(4-2)25-20)26-13-12-17-18(23)6-5-7-19(17)26/h5-14H,3-4,23H2,1-2H3. The number of fused-ring (bicyclic) bond motifs is 1. The zero-order valence-electron chi connectivity index (χ0n) is 15.4. The van der Waals surface area contributed by atoms with Crippen LogP contribution < -0.4 is 5.73 Å². The minimum absolute atomic E-state index is 0.506. The van der Waals surface area contributed by atoms with Crippen LogP contribution >= 0.6 is 11.6 Å². The maximum atomic E-state index is 6.21. The summed E-state index contributed by atoms with van der Waals surface area (Å²) in [6, 6.07) is 16.0. The lowest BCUT2D eigenvalue weighted by Crippen LogP contribution is -2.36. The predicted molar refractivity (Wildman–Crippen MR) is 110 cm³/mol. The van der Waals surface area contributed by atoms with Crippen LogP contribution in [0.3, 0.4) is 0 Å². The molecule has 0 saturated carbocycles. The van der Waals surface area contributed by atoms with E-state index in [2.05, 4.69) is 47.1 Å². The summed E-state index contributed by atoms with van der Waals surface area (Å²) in [6.07, 6.45) is 4.75. The number of halogens is 1. The van der Waals surface area contributed by atoms with E-state index in [1.165, 1.54) is 0 Å². The molecule has 4 aromatic rings. The molecule has 0 saturated heterocycles. The van der Waals surface area contributed by atoms with Gasteiger partial charge in [0.15, 0.2) is 0 Å². The van der Waals surface area contributed by atoms with Gasteiger partial charge < -0.3 is 10.3 Å². The van der Waals surface area contributed by atoms with Gasteiger partial charge in [0.25, 0.3) is 0 Å². The van der Waals surface area contributed by atoms with Gasteiger partial charge in [-0.2, -0.15) is 15.0 Å². The van der Waals surface area contributed by atoms with Crippen LogP contribution in [0.25, 0.3) is 10.9 Å². The van der Waals surface area contributed by atoms with E-state index in [0.717, 1.165) is 40.8 Å². The lowest BCUT2D eigenvalue weighted by Gasteiger charge is -2.34. The van der Waals surface area contributed by atoms with Crippen molar-refractivity contribution in [1.82, 2.24) is 19.6 Å². The van der Waals surface area contributed by atoms with Gasteiger partial charge in [-0.15, -0.1) is 0 Å². The molecule has 2 heterocycles. The van der Waals surface area contributed by atoms with Crippen LogP contribution in [0, 0.1) is 0 Å². The van der Waals surface area contributed by atoms with Crippen molar-refractivity contribution in [3.05, 3.63) is 77.2 Å². The highest BCUT2D eigenvalue weighted by molar-refractivity contribution is 6.30. The zero-order valence-corrected chi connectivity index (χ0v) is 16.2. The van der Waals surface area contributed by atoms with Crippen molar-refractivity contribution in [3.8, 4) is 0 Å². The lowest BCUT2D eigenvalue weighted by molar-refractivity contribution is 0.408. The fourth-order valence-corrected chi connectivity index (χ4v) is 3.98. The highest BCUT2D eigenvalue weighted by atomic mass is 35.5. The van der Waals surface area contributed by atoms with E-state index in [0.29, 0.717) is 5.02 Å². The molecule has 27 heavy (non-hydrogen) atoms. The van der Waals surface area contributed by atoms with Gasteiger partial charge in [0.2, 0.25) is 0 Å². The second kappa shape index (κ2) is 6.74. The van der Waals surface area contributed by atoms with Gasteiger partial charge in [0.05, 0.1) is 18.3 Å². The summed E-state index contributed by atoms with van der Waals surface area (Å²) >= 11 is 6.16. The highest BCUT2D eigenvalue weighted by Gasteiger charge is 2.38. The van der Waals surface area contributed by atoms with Gasteiger partial charge >= 0.3 is 0 Å². The van der Waals surface area contributed by atoms with Gasteiger partial charge in [0, 0.05) is 22.3 Å². The Bertz CT molecular complexity index is 1080. The van der Waals surface area contributed by atoms with Crippen LogP contribution in [0.2, 0.25) is 5.02 Å². The van der Waals surface area contributed by atoms with Crippen molar-refractivity contribution in [2.45, 2.75) is 32.4 Å². The van der Waals surface area contributed by atoms with E-state index < -0.39 is 5.54 Å². The van der Waals surface area contributed by atoms with E-state index in [1.807, 2.05) is 37.4 Å². The van der Waals surface area contributed by atoms with E-state index in [1.54, 1.807) is 4.80 Å². The molecular weight excluding hydrogens is 358 g/mol. The Hall–Kier alpha value is -2.79. The Balaban J connectivity index is 2.05. The molecule has 1 atom stereocenters. The van der Waals surface area contributed by atoms with Gasteiger partial charge in [0.1, 0.15) is 11.2 Å². The number of hydrogen-bond acceptors (Lipinski definition) is 3. The first-order chi connectivity index (χ1) is 13.1. The van der Waals surface area contributed by atoms with Crippen molar-refractivity contribution in [2.24, 2.45) is 0 Å². The number of nitrogens with two attached hydrogens (primary N) is 1. The van der Waals surface area contributed by atoms with E-state index in [4.69, 9.17) is 22.4 Å². The first kappa shape index (κ1) is 17.6. The van der Waals surface area contributed by atoms with Gasteiger partial charge in [-0.05, 0) is 49.2 Å². The third kappa shape index (κ3) is 2.70. The largest absolute Gasteiger partial charge is 0.398 e. The molecule has 0 fully saturated rings. The summed E-state index contributed by atoms with van der Waals surface area (Å²) in [5.41, 5.74) is 9.55. The number of benzene rings is 2. The maximum Gasteiger partial charge on any atom is 0.115 e. The van der Waals surface area contributed by atoms with Crippen LogP contribution in [0.4, 0.5) is 5.69 Å². The summed E-state index contributed by atoms with van der Waals surface area (Å²) in [5.74, 6) is 0. The predicted octanol–water partition coefficient (Wildman–Crippen LogP) is 4.69. The number of nitrogens with zero attached hydrogens (tertiary/aromatic N) is 4. The van der Waals surface area contributed by atoms with Crippen LogP contribution in [0.1, 0.15) is 31.5 Å². The van der Waals surface area contributed by atoms with Crippen LogP contribution in [-0.2, 0) is 12.1 Å². The maximum absolute atomic E-state index is 6.21. The Labute approximate surface area is 163 Å². The van der Waals surface area contributed by atoms with E-state index in [9.17, 15) is 0 Å². The highest BCUT2D eigenvalue weighted by Crippen LogP contribution is 2.40. The summed E-state index contributed by atoms with van der Waals surface area (Å²) in [4.78, 5) is 1.72. The van der Waals surface area contributed by atoms with Gasteiger partial charge in [-0.1, -0.05) is 36.7 Å². The Kier molecular flexibility index (Phi) is 4.40. The molecule has 0 radical (unpaired) electrons. The summed E-state index contributed by atoms with van der Waals surface area (Å²) in [5, 5.41) is 11.0. The Morgan fingerprint density at radius 2 is 1.85 bits per heavy atom. The number of nitrogen functional groups attached to an aromatic ring is 1.